The van der Waals surface area contributed by atoms with Gasteiger partial charge in [0.2, 0.25) is 5.91 Å². The van der Waals surface area contributed by atoms with Gasteiger partial charge in [-0.3, -0.25) is 4.79 Å². The molecule has 0 aliphatic rings. The highest BCUT2D eigenvalue weighted by Crippen LogP contribution is 2.35. The zero-order valence-electron chi connectivity index (χ0n) is 12.0. The number of thiazole rings is 1. The normalized spacial score (nSPS) is 10.8. The van der Waals surface area contributed by atoms with Crippen molar-refractivity contribution in [2.24, 2.45) is 0 Å². The van der Waals surface area contributed by atoms with E-state index >= 15 is 0 Å². The fraction of sp³-hybridized carbons (Fsp3) is 0.176. The van der Waals surface area contributed by atoms with E-state index in [0.717, 1.165) is 32.9 Å². The number of carbonyl (C=O) groups excluding carboxylic acids is 1. The quantitative estimate of drug-likeness (QED) is 0.774. The van der Waals surface area contributed by atoms with Crippen LogP contribution in [0.5, 0.6) is 0 Å². The summed E-state index contributed by atoms with van der Waals surface area (Å²) in [4.78, 5) is 16.1. The Morgan fingerprint density at radius 2 is 2.05 bits per heavy atom. The predicted molar refractivity (Wildman–Crippen MR) is 88.7 cm³/mol. The lowest BCUT2D eigenvalue weighted by Crippen LogP contribution is -2.07. The number of carbonyl (C=O) groups is 1. The molecule has 0 fully saturated rings. The minimum Gasteiger partial charge on any atom is -0.326 e. The van der Waals surface area contributed by atoms with Gasteiger partial charge >= 0.3 is 0 Å². The van der Waals surface area contributed by atoms with E-state index in [4.69, 9.17) is 4.98 Å². The molecule has 1 aromatic heterocycles. The first-order chi connectivity index (χ1) is 10.2. The van der Waals surface area contributed by atoms with Crippen LogP contribution in [0.25, 0.3) is 20.8 Å². The molecule has 0 radical (unpaired) electrons. The van der Waals surface area contributed by atoms with Crippen molar-refractivity contribution in [1.82, 2.24) is 4.98 Å². The summed E-state index contributed by atoms with van der Waals surface area (Å²) in [5, 5.41) is 3.84. The molecule has 1 N–H and O–H groups in total. The first kappa shape index (κ1) is 13.8. The van der Waals surface area contributed by atoms with E-state index in [9.17, 15) is 4.79 Å². The Balaban J connectivity index is 2.15. The van der Waals surface area contributed by atoms with E-state index < -0.39 is 0 Å². The molecule has 106 valence electrons. The number of benzene rings is 2. The highest BCUT2D eigenvalue weighted by atomic mass is 32.1. The van der Waals surface area contributed by atoms with Crippen molar-refractivity contribution >= 4 is 33.1 Å². The molecule has 0 saturated carbocycles. The van der Waals surface area contributed by atoms with Gasteiger partial charge in [0.1, 0.15) is 5.01 Å². The minimum absolute atomic E-state index is 0.0680. The Morgan fingerprint density at radius 1 is 1.24 bits per heavy atom. The largest absolute Gasteiger partial charge is 0.326 e. The third-order valence-electron chi connectivity index (χ3n) is 3.33. The number of nitrogens with one attached hydrogen (secondary N) is 1. The summed E-state index contributed by atoms with van der Waals surface area (Å²) in [7, 11) is 0. The topological polar surface area (TPSA) is 42.0 Å². The summed E-state index contributed by atoms with van der Waals surface area (Å²) < 4.78 is 1.16. The van der Waals surface area contributed by atoms with Crippen molar-refractivity contribution in [2.45, 2.75) is 20.3 Å². The van der Waals surface area contributed by atoms with E-state index in [1.165, 1.54) is 12.5 Å². The smallest absolute Gasteiger partial charge is 0.221 e. The number of hydrogen-bond acceptors (Lipinski definition) is 3. The van der Waals surface area contributed by atoms with Gasteiger partial charge in [0.05, 0.1) is 15.9 Å². The van der Waals surface area contributed by atoms with Crippen LogP contribution in [0, 0.1) is 0 Å². The minimum atomic E-state index is -0.0680. The molecule has 3 nitrogen and oxygen atoms in total. The number of hydrogen-bond donors (Lipinski definition) is 1. The monoisotopic (exact) mass is 296 g/mol. The lowest BCUT2D eigenvalue weighted by atomic mass is 10.1. The maximum atomic E-state index is 11.4. The molecule has 0 unspecified atom stereocenters. The zero-order valence-corrected chi connectivity index (χ0v) is 12.8. The number of amides is 1. The SMILES string of the molecule is CCc1ccc(NC(C)=O)c(-c2nc3ccccc3s2)c1. The van der Waals surface area contributed by atoms with Crippen LogP contribution in [0.2, 0.25) is 0 Å². The van der Waals surface area contributed by atoms with Crippen LogP contribution in [0.15, 0.2) is 42.5 Å². The second-order valence-electron chi connectivity index (χ2n) is 4.90. The van der Waals surface area contributed by atoms with Crippen molar-refractivity contribution in [2.75, 3.05) is 5.32 Å². The lowest BCUT2D eigenvalue weighted by molar-refractivity contribution is -0.114. The second kappa shape index (κ2) is 5.66. The average Bonchev–Trinajstić information content (AvgIpc) is 2.90. The first-order valence-corrected chi connectivity index (χ1v) is 7.75. The van der Waals surface area contributed by atoms with Gasteiger partial charge < -0.3 is 5.32 Å². The van der Waals surface area contributed by atoms with Crippen molar-refractivity contribution in [3.8, 4) is 10.6 Å². The number of nitrogens with zero attached hydrogens (tertiary/aromatic N) is 1. The maximum Gasteiger partial charge on any atom is 0.221 e. The fourth-order valence-corrected chi connectivity index (χ4v) is 3.27. The third-order valence-corrected chi connectivity index (χ3v) is 4.40. The molecule has 1 heterocycles. The van der Waals surface area contributed by atoms with E-state index in [0.29, 0.717) is 0 Å². The van der Waals surface area contributed by atoms with Gasteiger partial charge in [-0.2, -0.15) is 0 Å². The standard InChI is InChI=1S/C17H16N2OS/c1-3-12-8-9-14(18-11(2)20)13(10-12)17-19-15-6-4-5-7-16(15)21-17/h4-10H,3H2,1-2H3,(H,18,20). The summed E-state index contributed by atoms with van der Waals surface area (Å²) in [5.41, 5.74) is 4.04. The number of anilines is 1. The first-order valence-electron chi connectivity index (χ1n) is 6.94. The van der Waals surface area contributed by atoms with Crippen LogP contribution in [0.4, 0.5) is 5.69 Å². The Bertz CT molecular complexity index is 774. The zero-order chi connectivity index (χ0) is 14.8. The van der Waals surface area contributed by atoms with Crippen LogP contribution in [0.3, 0.4) is 0 Å². The van der Waals surface area contributed by atoms with E-state index in [2.05, 4.69) is 24.4 Å². The molecule has 0 aliphatic heterocycles. The number of aryl methyl sites for hydroxylation is 1. The number of rotatable bonds is 3. The molecule has 0 spiro atoms. The fourth-order valence-electron chi connectivity index (χ4n) is 2.27. The number of fused-ring (bicyclic) bond motifs is 1. The van der Waals surface area contributed by atoms with Gasteiger partial charge in [0.25, 0.3) is 0 Å². The summed E-state index contributed by atoms with van der Waals surface area (Å²) >= 11 is 1.65. The van der Waals surface area contributed by atoms with Crippen LogP contribution in [-0.4, -0.2) is 10.9 Å². The van der Waals surface area contributed by atoms with E-state index in [1.807, 2.05) is 30.3 Å². The molecule has 0 saturated heterocycles. The summed E-state index contributed by atoms with van der Waals surface area (Å²) in [5.74, 6) is -0.0680. The van der Waals surface area contributed by atoms with Gasteiger partial charge in [0, 0.05) is 12.5 Å². The Labute approximate surface area is 127 Å². The van der Waals surface area contributed by atoms with Crippen molar-refractivity contribution < 1.29 is 4.79 Å². The summed E-state index contributed by atoms with van der Waals surface area (Å²) in [6.07, 6.45) is 0.957. The van der Waals surface area contributed by atoms with E-state index in [-0.39, 0.29) is 5.91 Å². The molecule has 21 heavy (non-hydrogen) atoms. The molecule has 3 rings (SSSR count). The molecule has 1 amide bonds. The third kappa shape index (κ3) is 2.81. The van der Waals surface area contributed by atoms with Crippen LogP contribution < -0.4 is 5.32 Å². The molecule has 4 heteroatoms. The Kier molecular flexibility index (Phi) is 3.71. The highest BCUT2D eigenvalue weighted by molar-refractivity contribution is 7.21. The number of para-hydroxylation sites is 1. The number of aromatic nitrogens is 1. The summed E-state index contributed by atoms with van der Waals surface area (Å²) in [6.45, 7) is 3.64. The van der Waals surface area contributed by atoms with Crippen LogP contribution in [0.1, 0.15) is 19.4 Å². The molecule has 0 bridgehead atoms. The molecule has 0 atom stereocenters. The Hall–Kier alpha value is -2.20. The van der Waals surface area contributed by atoms with Gasteiger partial charge in [-0.25, -0.2) is 4.98 Å². The van der Waals surface area contributed by atoms with Gasteiger partial charge in [-0.1, -0.05) is 25.1 Å². The molecular formula is C17H16N2OS. The van der Waals surface area contributed by atoms with Gasteiger partial charge in [-0.15, -0.1) is 11.3 Å². The lowest BCUT2D eigenvalue weighted by Gasteiger charge is -2.09. The highest BCUT2D eigenvalue weighted by Gasteiger charge is 2.12. The summed E-state index contributed by atoms with van der Waals surface area (Å²) in [6, 6.07) is 14.2. The molecule has 3 aromatic rings. The van der Waals surface area contributed by atoms with Crippen LogP contribution >= 0.6 is 11.3 Å². The van der Waals surface area contributed by atoms with Crippen molar-refractivity contribution in [3.63, 3.8) is 0 Å². The average molecular weight is 296 g/mol. The Morgan fingerprint density at radius 3 is 2.76 bits per heavy atom. The molecular weight excluding hydrogens is 280 g/mol. The second-order valence-corrected chi connectivity index (χ2v) is 5.93. The van der Waals surface area contributed by atoms with Crippen molar-refractivity contribution in [3.05, 3.63) is 48.0 Å². The molecule has 0 aliphatic carbocycles. The maximum absolute atomic E-state index is 11.4. The van der Waals surface area contributed by atoms with Gasteiger partial charge in [0.15, 0.2) is 0 Å². The predicted octanol–water partition coefficient (Wildman–Crippen LogP) is 4.48. The van der Waals surface area contributed by atoms with Crippen LogP contribution in [-0.2, 0) is 11.2 Å². The molecule has 2 aromatic carbocycles. The van der Waals surface area contributed by atoms with E-state index in [1.54, 1.807) is 11.3 Å². The van der Waals surface area contributed by atoms with Gasteiger partial charge in [-0.05, 0) is 36.2 Å². The van der Waals surface area contributed by atoms with Crippen molar-refractivity contribution in [1.29, 1.82) is 0 Å².